The molecule has 1 fully saturated rings. The zero-order valence-electron chi connectivity index (χ0n) is 15.4. The van der Waals surface area contributed by atoms with Crippen LogP contribution in [0.15, 0.2) is 24.3 Å². The molecule has 1 aliphatic rings. The summed E-state index contributed by atoms with van der Waals surface area (Å²) >= 11 is 0. The first-order valence-electron chi connectivity index (χ1n) is 8.90. The van der Waals surface area contributed by atoms with E-state index in [9.17, 15) is 9.90 Å². The Kier molecular flexibility index (Phi) is 6.27. The van der Waals surface area contributed by atoms with E-state index in [-0.39, 0.29) is 17.9 Å². The Morgan fingerprint density at radius 2 is 1.96 bits per heavy atom. The summed E-state index contributed by atoms with van der Waals surface area (Å²) in [6.07, 6.45) is 4.46. The number of ether oxygens (including phenoxy) is 1. The average Bonchev–Trinajstić information content (AvgIpc) is 2.56. The summed E-state index contributed by atoms with van der Waals surface area (Å²) in [6, 6.07) is 7.85. The predicted molar refractivity (Wildman–Crippen MR) is 96.1 cm³/mol. The van der Waals surface area contributed by atoms with Crippen molar-refractivity contribution in [3.05, 3.63) is 29.8 Å². The van der Waals surface area contributed by atoms with Crippen molar-refractivity contribution < 1.29 is 14.6 Å². The number of rotatable bonds is 6. The third-order valence-electron chi connectivity index (χ3n) is 5.13. The molecule has 1 N–H and O–H groups in total. The Labute approximate surface area is 145 Å². The number of aliphatic hydroxyl groups excluding tert-OH is 1. The van der Waals surface area contributed by atoms with Crippen molar-refractivity contribution in [1.82, 2.24) is 4.90 Å². The summed E-state index contributed by atoms with van der Waals surface area (Å²) < 4.78 is 5.41. The third-order valence-corrected chi connectivity index (χ3v) is 5.13. The molecule has 0 saturated heterocycles. The minimum Gasteiger partial charge on any atom is -0.496 e. The first kappa shape index (κ1) is 18.8. The predicted octanol–water partition coefficient (Wildman–Crippen LogP) is 3.27. The number of para-hydroxylation sites is 1. The van der Waals surface area contributed by atoms with Gasteiger partial charge in [0.25, 0.3) is 0 Å². The fourth-order valence-electron chi connectivity index (χ4n) is 3.75. The fourth-order valence-corrected chi connectivity index (χ4v) is 3.75. The number of methoxy groups -OCH3 is 1. The van der Waals surface area contributed by atoms with Gasteiger partial charge < -0.3 is 14.7 Å². The number of aliphatic hydroxyl groups is 1. The highest BCUT2D eigenvalue weighted by Gasteiger charge is 2.34. The van der Waals surface area contributed by atoms with Gasteiger partial charge in [-0.05, 0) is 30.9 Å². The molecule has 1 aromatic carbocycles. The van der Waals surface area contributed by atoms with Crippen LogP contribution in [0.3, 0.4) is 0 Å². The van der Waals surface area contributed by atoms with Crippen molar-refractivity contribution in [1.29, 1.82) is 0 Å². The number of benzene rings is 1. The zero-order valence-corrected chi connectivity index (χ0v) is 15.4. The Morgan fingerprint density at radius 3 is 2.62 bits per heavy atom. The van der Waals surface area contributed by atoms with E-state index in [1.807, 2.05) is 45.2 Å². The van der Waals surface area contributed by atoms with Crippen molar-refractivity contribution in [2.24, 2.45) is 11.3 Å². The SMILES string of the molecule is COc1ccccc1CC(C)(C)C(=O)N(C)CC1CCCCC1O. The second-order valence-electron chi connectivity index (χ2n) is 7.67. The Balaban J connectivity index is 2.03. The molecular weight excluding hydrogens is 302 g/mol. The van der Waals surface area contributed by atoms with Crippen LogP contribution in [0.1, 0.15) is 45.1 Å². The Hall–Kier alpha value is -1.55. The molecule has 1 aliphatic carbocycles. The van der Waals surface area contributed by atoms with Crippen molar-refractivity contribution in [2.75, 3.05) is 20.7 Å². The number of carbonyl (C=O) groups excluding carboxylic acids is 1. The molecule has 4 nitrogen and oxygen atoms in total. The molecule has 1 amide bonds. The number of nitrogens with zero attached hydrogens (tertiary/aromatic N) is 1. The van der Waals surface area contributed by atoms with Crippen molar-refractivity contribution in [3.8, 4) is 5.75 Å². The maximum Gasteiger partial charge on any atom is 0.228 e. The van der Waals surface area contributed by atoms with Gasteiger partial charge in [0.1, 0.15) is 5.75 Å². The van der Waals surface area contributed by atoms with Gasteiger partial charge in [0.15, 0.2) is 0 Å². The average molecular weight is 333 g/mol. The third kappa shape index (κ3) is 4.50. The molecule has 0 spiro atoms. The lowest BCUT2D eigenvalue weighted by Gasteiger charge is -2.35. The summed E-state index contributed by atoms with van der Waals surface area (Å²) in [5.74, 6) is 1.14. The zero-order chi connectivity index (χ0) is 17.7. The van der Waals surface area contributed by atoms with Gasteiger partial charge in [-0.2, -0.15) is 0 Å². The van der Waals surface area contributed by atoms with Gasteiger partial charge in [-0.25, -0.2) is 0 Å². The molecule has 24 heavy (non-hydrogen) atoms. The summed E-state index contributed by atoms with van der Waals surface area (Å²) in [7, 11) is 3.51. The lowest BCUT2D eigenvalue weighted by molar-refractivity contribution is -0.140. The van der Waals surface area contributed by atoms with Crippen LogP contribution in [0.25, 0.3) is 0 Å². The number of carbonyl (C=O) groups is 1. The first-order chi connectivity index (χ1) is 11.3. The maximum atomic E-state index is 13.0. The van der Waals surface area contributed by atoms with Gasteiger partial charge in [-0.1, -0.05) is 44.9 Å². The lowest BCUT2D eigenvalue weighted by atomic mass is 9.82. The standard InChI is InChI=1S/C20H31NO3/c1-20(2,13-15-9-6-8-12-18(15)24-4)19(23)21(3)14-16-10-5-7-11-17(16)22/h6,8-9,12,16-17,22H,5,7,10-11,13-14H2,1-4H3. The van der Waals surface area contributed by atoms with Gasteiger partial charge in [-0.15, -0.1) is 0 Å². The molecule has 2 atom stereocenters. The molecule has 0 aromatic heterocycles. The highest BCUT2D eigenvalue weighted by Crippen LogP contribution is 2.31. The molecule has 2 rings (SSSR count). The summed E-state index contributed by atoms with van der Waals surface area (Å²) in [5, 5.41) is 10.2. The van der Waals surface area contributed by atoms with Crippen LogP contribution < -0.4 is 4.74 Å². The highest BCUT2D eigenvalue weighted by molar-refractivity contribution is 5.82. The molecule has 0 aliphatic heterocycles. The summed E-state index contributed by atoms with van der Waals surface area (Å²) in [5.41, 5.74) is 0.535. The number of hydrogen-bond donors (Lipinski definition) is 1. The first-order valence-corrected chi connectivity index (χ1v) is 8.90. The van der Waals surface area contributed by atoms with E-state index in [2.05, 4.69) is 0 Å². The van der Waals surface area contributed by atoms with E-state index in [0.717, 1.165) is 37.0 Å². The fraction of sp³-hybridized carbons (Fsp3) is 0.650. The van der Waals surface area contributed by atoms with E-state index in [4.69, 9.17) is 4.74 Å². The molecule has 0 heterocycles. The van der Waals surface area contributed by atoms with E-state index in [1.165, 1.54) is 0 Å². The maximum absolute atomic E-state index is 13.0. The molecule has 1 saturated carbocycles. The quantitative estimate of drug-likeness (QED) is 0.869. The minimum atomic E-state index is -0.511. The van der Waals surface area contributed by atoms with Crippen LogP contribution in [0.2, 0.25) is 0 Å². The van der Waals surface area contributed by atoms with E-state index in [0.29, 0.717) is 13.0 Å². The van der Waals surface area contributed by atoms with Crippen molar-refractivity contribution in [3.63, 3.8) is 0 Å². The highest BCUT2D eigenvalue weighted by atomic mass is 16.5. The van der Waals surface area contributed by atoms with Crippen molar-refractivity contribution in [2.45, 2.75) is 52.1 Å². The van der Waals surface area contributed by atoms with E-state index < -0.39 is 5.41 Å². The van der Waals surface area contributed by atoms with E-state index in [1.54, 1.807) is 12.0 Å². The molecule has 1 aromatic rings. The van der Waals surface area contributed by atoms with Crippen LogP contribution in [0, 0.1) is 11.3 Å². The van der Waals surface area contributed by atoms with Gasteiger partial charge in [0.05, 0.1) is 13.2 Å². The summed E-state index contributed by atoms with van der Waals surface area (Å²) in [4.78, 5) is 14.8. The Morgan fingerprint density at radius 1 is 1.29 bits per heavy atom. The second-order valence-corrected chi connectivity index (χ2v) is 7.67. The van der Waals surface area contributed by atoms with Gasteiger partial charge in [-0.3, -0.25) is 4.79 Å². The van der Waals surface area contributed by atoms with E-state index >= 15 is 0 Å². The molecule has 0 bridgehead atoms. The lowest BCUT2D eigenvalue weighted by Crippen LogP contribution is -2.44. The van der Waals surface area contributed by atoms with Crippen LogP contribution in [0.4, 0.5) is 0 Å². The van der Waals surface area contributed by atoms with Crippen LogP contribution in [-0.2, 0) is 11.2 Å². The topological polar surface area (TPSA) is 49.8 Å². The molecule has 0 radical (unpaired) electrons. The van der Waals surface area contributed by atoms with Crippen LogP contribution >= 0.6 is 0 Å². The van der Waals surface area contributed by atoms with Gasteiger partial charge in [0.2, 0.25) is 5.91 Å². The molecular formula is C20H31NO3. The number of amides is 1. The largest absolute Gasteiger partial charge is 0.496 e. The normalized spacial score (nSPS) is 21.4. The van der Waals surface area contributed by atoms with Crippen LogP contribution in [-0.4, -0.2) is 42.7 Å². The second kappa shape index (κ2) is 8.02. The smallest absolute Gasteiger partial charge is 0.228 e. The monoisotopic (exact) mass is 333 g/mol. The Bertz CT molecular complexity index is 556. The number of hydrogen-bond acceptors (Lipinski definition) is 3. The summed E-state index contributed by atoms with van der Waals surface area (Å²) in [6.45, 7) is 4.60. The molecule has 4 heteroatoms. The van der Waals surface area contributed by atoms with Gasteiger partial charge >= 0.3 is 0 Å². The van der Waals surface area contributed by atoms with Gasteiger partial charge in [0, 0.05) is 24.9 Å². The van der Waals surface area contributed by atoms with Crippen LogP contribution in [0.5, 0.6) is 5.75 Å². The molecule has 134 valence electrons. The molecule has 2 unspecified atom stereocenters. The van der Waals surface area contributed by atoms with Crippen molar-refractivity contribution >= 4 is 5.91 Å². The minimum absolute atomic E-state index is 0.117.